The summed E-state index contributed by atoms with van der Waals surface area (Å²) in [6.07, 6.45) is 12.0. The van der Waals surface area contributed by atoms with Crippen molar-refractivity contribution in [1.82, 2.24) is 28.7 Å². The number of amides is 1. The van der Waals surface area contributed by atoms with Crippen molar-refractivity contribution in [2.75, 3.05) is 18.4 Å². The minimum atomic E-state index is -0.256. The highest BCUT2D eigenvalue weighted by molar-refractivity contribution is 7.97. The number of nitrogens with one attached hydrogen (secondary N) is 1. The van der Waals surface area contributed by atoms with Gasteiger partial charge in [-0.15, -0.1) is 0 Å². The van der Waals surface area contributed by atoms with Crippen LogP contribution in [0.3, 0.4) is 0 Å². The number of hydrogen-bond acceptors (Lipinski definition) is 6. The third kappa shape index (κ3) is 4.53. The molecule has 9 heteroatoms. The molecule has 9 rings (SSSR count). The maximum absolute atomic E-state index is 13.4. The third-order valence-corrected chi connectivity index (χ3v) is 9.95. The van der Waals surface area contributed by atoms with Crippen molar-refractivity contribution in [3.8, 4) is 5.69 Å². The van der Waals surface area contributed by atoms with Crippen molar-refractivity contribution >= 4 is 35.4 Å². The molecule has 0 radical (unpaired) electrons. The molecule has 0 atom stereocenters. The molecule has 2 aromatic carbocycles. The van der Waals surface area contributed by atoms with E-state index in [0.717, 1.165) is 43.2 Å². The summed E-state index contributed by atoms with van der Waals surface area (Å²) in [6, 6.07) is 18.8. The monoisotopic (exact) mass is 573 g/mol. The van der Waals surface area contributed by atoms with E-state index in [1.807, 2.05) is 34.8 Å². The number of nitrogens with zero attached hydrogens (tertiary/aromatic N) is 6. The fourth-order valence-electron chi connectivity index (χ4n) is 6.39. The van der Waals surface area contributed by atoms with Gasteiger partial charge in [0.25, 0.3) is 5.91 Å². The number of anilines is 1. The number of benzene rings is 2. The maximum Gasteiger partial charge on any atom is 0.262 e. The number of allylic oxidation sites excluding steroid dienone is 1. The van der Waals surface area contributed by atoms with Gasteiger partial charge in [0.2, 0.25) is 0 Å². The van der Waals surface area contributed by atoms with Crippen LogP contribution in [0.1, 0.15) is 70.3 Å². The van der Waals surface area contributed by atoms with E-state index in [1.54, 1.807) is 34.7 Å². The van der Waals surface area contributed by atoms with E-state index in [-0.39, 0.29) is 5.91 Å². The number of piperidine rings is 1. The number of carbonyl (C=O) groups excluding carboxylic acids is 1. The third-order valence-electron chi connectivity index (χ3n) is 8.78. The SMILES string of the molecule is Cc1ccc(-n2nc(C3CCN(Sc4cccc5c4C=C4CC5C4)CC3)cc2NC(=O)c2cnn3cccnc23)cc1. The van der Waals surface area contributed by atoms with Gasteiger partial charge in [0.15, 0.2) is 5.65 Å². The Morgan fingerprint density at radius 1 is 1.02 bits per heavy atom. The second-order valence-corrected chi connectivity index (χ2v) is 12.7. The van der Waals surface area contributed by atoms with Gasteiger partial charge in [0.05, 0.1) is 17.6 Å². The Labute approximate surface area is 248 Å². The summed E-state index contributed by atoms with van der Waals surface area (Å²) in [7, 11) is 0. The highest BCUT2D eigenvalue weighted by Crippen LogP contribution is 2.50. The molecule has 1 aliphatic heterocycles. The Morgan fingerprint density at radius 2 is 1.86 bits per heavy atom. The number of carbonyl (C=O) groups is 1. The number of aromatic nitrogens is 5. The van der Waals surface area contributed by atoms with E-state index >= 15 is 0 Å². The standard InChI is InChI=1S/C33H31N7OS/c1-21-6-8-25(9-7-21)40-31(36-33(41)28-20-35-39-13-3-12-34-32(28)39)19-29(37-40)23-10-14-38(15-11-23)42-30-5-2-4-26-24-16-22(17-24)18-27(26)30/h2-9,12-13,18-20,23-24H,10-11,14-17H2,1H3,(H,36,41). The second kappa shape index (κ2) is 10.3. The van der Waals surface area contributed by atoms with Crippen molar-refractivity contribution in [3.63, 3.8) is 0 Å². The van der Waals surface area contributed by atoms with Crippen LogP contribution >= 0.6 is 11.9 Å². The lowest BCUT2D eigenvalue weighted by Crippen LogP contribution is -2.28. The van der Waals surface area contributed by atoms with Gasteiger partial charge in [-0.05, 0) is 85.9 Å². The smallest absolute Gasteiger partial charge is 0.262 e. The molecule has 42 heavy (non-hydrogen) atoms. The Balaban J connectivity index is 1.02. The van der Waals surface area contributed by atoms with Crippen LogP contribution in [-0.4, -0.2) is 47.7 Å². The molecule has 1 amide bonds. The zero-order valence-corrected chi connectivity index (χ0v) is 24.2. The van der Waals surface area contributed by atoms with E-state index in [2.05, 4.69) is 63.0 Å². The van der Waals surface area contributed by atoms with Crippen molar-refractivity contribution in [2.45, 2.75) is 49.3 Å². The van der Waals surface area contributed by atoms with Crippen LogP contribution in [0.2, 0.25) is 0 Å². The van der Waals surface area contributed by atoms with Crippen LogP contribution in [0.15, 0.2) is 83.7 Å². The topological polar surface area (TPSA) is 80.4 Å². The van der Waals surface area contributed by atoms with Crippen LogP contribution in [-0.2, 0) is 0 Å². The summed E-state index contributed by atoms with van der Waals surface area (Å²) in [6.45, 7) is 4.05. The molecular formula is C33H31N7OS. The van der Waals surface area contributed by atoms with E-state index in [4.69, 9.17) is 5.10 Å². The highest BCUT2D eigenvalue weighted by Gasteiger charge is 2.32. The summed E-state index contributed by atoms with van der Waals surface area (Å²) in [5, 5.41) is 12.4. The normalized spacial score (nSPS) is 17.1. The molecule has 3 aliphatic carbocycles. The molecule has 0 spiro atoms. The largest absolute Gasteiger partial charge is 0.306 e. The Kier molecular flexibility index (Phi) is 6.23. The van der Waals surface area contributed by atoms with Gasteiger partial charge in [-0.25, -0.2) is 18.5 Å². The Hall–Kier alpha value is -4.21. The molecule has 1 saturated heterocycles. The van der Waals surface area contributed by atoms with E-state index < -0.39 is 0 Å². The second-order valence-electron chi connectivity index (χ2n) is 11.6. The molecule has 8 nitrogen and oxygen atoms in total. The summed E-state index contributed by atoms with van der Waals surface area (Å²) in [4.78, 5) is 19.1. The molecule has 210 valence electrons. The van der Waals surface area contributed by atoms with E-state index in [1.165, 1.54) is 34.4 Å². The fourth-order valence-corrected chi connectivity index (χ4v) is 7.48. The molecule has 2 bridgehead atoms. The first-order valence-electron chi connectivity index (χ1n) is 14.6. The molecular weight excluding hydrogens is 542 g/mol. The zero-order chi connectivity index (χ0) is 28.2. The lowest BCUT2D eigenvalue weighted by Gasteiger charge is -2.37. The predicted octanol–water partition coefficient (Wildman–Crippen LogP) is 6.64. The average molecular weight is 574 g/mol. The van der Waals surface area contributed by atoms with Gasteiger partial charge < -0.3 is 5.32 Å². The van der Waals surface area contributed by atoms with E-state index in [9.17, 15) is 4.79 Å². The quantitative estimate of drug-likeness (QED) is 0.230. The number of aryl methyl sites for hydroxylation is 1. The predicted molar refractivity (Wildman–Crippen MR) is 165 cm³/mol. The lowest BCUT2D eigenvalue weighted by molar-refractivity contribution is 0.102. The van der Waals surface area contributed by atoms with Crippen LogP contribution < -0.4 is 5.32 Å². The van der Waals surface area contributed by atoms with E-state index in [0.29, 0.717) is 22.9 Å². The van der Waals surface area contributed by atoms with Gasteiger partial charge in [0, 0.05) is 42.4 Å². The molecule has 5 aromatic rings. The van der Waals surface area contributed by atoms with Crippen molar-refractivity contribution in [3.05, 3.63) is 107 Å². The summed E-state index contributed by atoms with van der Waals surface area (Å²) >= 11 is 1.91. The molecule has 0 unspecified atom stereocenters. The van der Waals surface area contributed by atoms with Crippen LogP contribution in [0, 0.1) is 6.92 Å². The van der Waals surface area contributed by atoms with Crippen LogP contribution in [0.25, 0.3) is 17.4 Å². The summed E-state index contributed by atoms with van der Waals surface area (Å²) < 4.78 is 5.96. The minimum absolute atomic E-state index is 0.256. The Bertz CT molecular complexity index is 1840. The lowest BCUT2D eigenvalue weighted by atomic mass is 9.69. The van der Waals surface area contributed by atoms with Crippen molar-refractivity contribution in [2.24, 2.45) is 0 Å². The van der Waals surface area contributed by atoms with Crippen molar-refractivity contribution < 1.29 is 4.79 Å². The van der Waals surface area contributed by atoms with Gasteiger partial charge in [-0.2, -0.15) is 10.2 Å². The van der Waals surface area contributed by atoms with Gasteiger partial charge in [-0.1, -0.05) is 41.5 Å². The zero-order valence-electron chi connectivity index (χ0n) is 23.4. The summed E-state index contributed by atoms with van der Waals surface area (Å²) in [5.41, 5.74) is 8.62. The molecule has 2 fully saturated rings. The molecule has 1 saturated carbocycles. The molecule has 3 aromatic heterocycles. The van der Waals surface area contributed by atoms with Crippen LogP contribution in [0.5, 0.6) is 0 Å². The Morgan fingerprint density at radius 3 is 2.69 bits per heavy atom. The first-order chi connectivity index (χ1) is 20.6. The maximum atomic E-state index is 13.4. The molecule has 4 heterocycles. The van der Waals surface area contributed by atoms with Gasteiger partial charge >= 0.3 is 0 Å². The minimum Gasteiger partial charge on any atom is -0.306 e. The first kappa shape index (κ1) is 25.5. The number of fused-ring (bicyclic) bond motifs is 1. The highest BCUT2D eigenvalue weighted by atomic mass is 32.2. The number of hydrogen-bond donors (Lipinski definition) is 1. The fraction of sp³-hybridized carbons (Fsp3) is 0.273. The molecule has 1 N–H and O–H groups in total. The van der Waals surface area contributed by atoms with Gasteiger partial charge in [0.1, 0.15) is 11.4 Å². The first-order valence-corrected chi connectivity index (χ1v) is 15.4. The average Bonchev–Trinajstić information content (AvgIpc) is 3.62. The number of rotatable bonds is 6. The molecule has 4 aliphatic rings. The van der Waals surface area contributed by atoms with Crippen LogP contribution in [0.4, 0.5) is 5.82 Å². The van der Waals surface area contributed by atoms with Crippen molar-refractivity contribution in [1.29, 1.82) is 0 Å². The summed E-state index contributed by atoms with van der Waals surface area (Å²) in [5.74, 6) is 1.44. The van der Waals surface area contributed by atoms with Gasteiger partial charge in [-0.3, -0.25) is 4.79 Å².